The molecule has 18 heavy (non-hydrogen) atoms. The molecule has 0 bridgehead atoms. The van der Waals surface area contributed by atoms with Gasteiger partial charge in [0.05, 0.1) is 16.9 Å². The van der Waals surface area contributed by atoms with E-state index in [0.29, 0.717) is 11.8 Å². The fourth-order valence-corrected chi connectivity index (χ4v) is 1.32. The summed E-state index contributed by atoms with van der Waals surface area (Å²) in [5, 5.41) is 2.23. The molecule has 0 aliphatic heterocycles. The highest BCUT2D eigenvalue weighted by molar-refractivity contribution is 6.03. The maximum absolute atomic E-state index is 13.4. The van der Waals surface area contributed by atoms with Crippen LogP contribution in [0.5, 0.6) is 0 Å². The number of nitrogens with one attached hydrogen (secondary N) is 1. The highest BCUT2D eigenvalue weighted by atomic mass is 19.1. The summed E-state index contributed by atoms with van der Waals surface area (Å²) in [7, 11) is 0. The van der Waals surface area contributed by atoms with Crippen LogP contribution in [0.4, 0.5) is 20.5 Å². The molecule has 0 radical (unpaired) electrons. The zero-order chi connectivity index (χ0) is 13.3. The summed E-state index contributed by atoms with van der Waals surface area (Å²) < 4.78 is 31.2. The zero-order valence-electron chi connectivity index (χ0n) is 9.33. The van der Waals surface area contributed by atoms with Crippen molar-refractivity contribution in [1.29, 1.82) is 0 Å². The molecular formula is C11H9F2N3O2. The van der Waals surface area contributed by atoms with Gasteiger partial charge in [-0.05, 0) is 13.0 Å². The van der Waals surface area contributed by atoms with Crippen molar-refractivity contribution in [3.63, 3.8) is 0 Å². The van der Waals surface area contributed by atoms with Crippen LogP contribution in [0.25, 0.3) is 0 Å². The number of nitrogens with zero attached hydrogens (tertiary/aromatic N) is 1. The van der Waals surface area contributed by atoms with E-state index in [1.54, 1.807) is 6.92 Å². The lowest BCUT2D eigenvalue weighted by Gasteiger charge is -2.04. The summed E-state index contributed by atoms with van der Waals surface area (Å²) >= 11 is 0. The number of amides is 1. The third-order valence-electron chi connectivity index (χ3n) is 2.17. The fourth-order valence-electron chi connectivity index (χ4n) is 1.32. The predicted octanol–water partition coefficient (Wildman–Crippen LogP) is 2.10. The van der Waals surface area contributed by atoms with E-state index in [-0.39, 0.29) is 17.3 Å². The Kier molecular flexibility index (Phi) is 2.97. The van der Waals surface area contributed by atoms with Crippen molar-refractivity contribution in [3.05, 3.63) is 41.3 Å². The van der Waals surface area contributed by atoms with E-state index in [2.05, 4.69) is 10.3 Å². The second-order valence-corrected chi connectivity index (χ2v) is 3.60. The van der Waals surface area contributed by atoms with E-state index >= 15 is 0 Å². The van der Waals surface area contributed by atoms with Crippen LogP contribution in [-0.2, 0) is 0 Å². The van der Waals surface area contributed by atoms with Gasteiger partial charge >= 0.3 is 6.01 Å². The van der Waals surface area contributed by atoms with E-state index in [1.807, 2.05) is 0 Å². The molecular weight excluding hydrogens is 244 g/mol. The Balaban J connectivity index is 2.26. The molecule has 0 saturated carbocycles. The number of nitrogen functional groups attached to an aromatic ring is 1. The average molecular weight is 253 g/mol. The van der Waals surface area contributed by atoms with Gasteiger partial charge in [0.1, 0.15) is 17.9 Å². The molecule has 2 rings (SSSR count). The van der Waals surface area contributed by atoms with Gasteiger partial charge < -0.3 is 10.2 Å². The minimum Gasteiger partial charge on any atom is -0.432 e. The van der Waals surface area contributed by atoms with E-state index < -0.39 is 17.5 Å². The van der Waals surface area contributed by atoms with Crippen LogP contribution in [0, 0.1) is 18.6 Å². The largest absolute Gasteiger partial charge is 0.432 e. The summed E-state index contributed by atoms with van der Waals surface area (Å²) in [5.41, 5.74) is 5.12. The first-order valence-corrected chi connectivity index (χ1v) is 4.95. The molecule has 0 spiro atoms. The number of oxazole rings is 1. The number of carbonyl (C=O) groups excluding carboxylic acids is 1. The quantitative estimate of drug-likeness (QED) is 0.803. The Bertz CT molecular complexity index is 610. The molecule has 3 N–H and O–H groups in total. The third kappa shape index (κ3) is 2.29. The van der Waals surface area contributed by atoms with Gasteiger partial charge in [-0.25, -0.2) is 8.78 Å². The highest BCUT2D eigenvalue weighted by Gasteiger charge is 2.16. The van der Waals surface area contributed by atoms with Gasteiger partial charge in [0.25, 0.3) is 5.91 Å². The smallest absolute Gasteiger partial charge is 0.301 e. The summed E-state index contributed by atoms with van der Waals surface area (Å²) in [6.45, 7) is 1.66. The van der Waals surface area contributed by atoms with Crippen molar-refractivity contribution in [1.82, 2.24) is 4.98 Å². The molecule has 0 aliphatic carbocycles. The first-order chi connectivity index (χ1) is 8.47. The maximum Gasteiger partial charge on any atom is 0.301 e. The molecule has 2 aromatic rings. The molecule has 0 aliphatic rings. The Morgan fingerprint density at radius 2 is 2.11 bits per heavy atom. The topological polar surface area (TPSA) is 81.2 Å². The molecule has 1 amide bonds. The minimum absolute atomic E-state index is 0.0696. The number of hydrogen-bond donors (Lipinski definition) is 2. The number of rotatable bonds is 2. The van der Waals surface area contributed by atoms with Crippen molar-refractivity contribution >= 4 is 17.6 Å². The van der Waals surface area contributed by atoms with Gasteiger partial charge in [-0.3, -0.25) is 10.1 Å². The molecule has 1 aromatic heterocycles. The standard InChI is InChI=1S/C11H9F2N3O2/c1-5-4-18-11(15-5)16-10(17)6-2-9(14)8(13)3-7(6)12/h2-4H,14H2,1H3,(H,15,16,17). The lowest BCUT2D eigenvalue weighted by molar-refractivity contribution is 0.102. The van der Waals surface area contributed by atoms with Crippen LogP contribution in [-0.4, -0.2) is 10.9 Å². The molecule has 1 aromatic carbocycles. The van der Waals surface area contributed by atoms with Gasteiger partial charge in [-0.15, -0.1) is 0 Å². The number of aryl methyl sites for hydroxylation is 1. The lowest BCUT2D eigenvalue weighted by atomic mass is 10.1. The highest BCUT2D eigenvalue weighted by Crippen LogP contribution is 2.18. The summed E-state index contributed by atoms with van der Waals surface area (Å²) in [6.07, 6.45) is 1.32. The molecule has 0 unspecified atom stereocenters. The number of hydrogen-bond acceptors (Lipinski definition) is 4. The number of aromatic nitrogens is 1. The van der Waals surface area contributed by atoms with Crippen molar-refractivity contribution in [2.45, 2.75) is 6.92 Å². The number of nitrogens with two attached hydrogens (primary N) is 1. The maximum atomic E-state index is 13.4. The summed E-state index contributed by atoms with van der Waals surface area (Å²) in [4.78, 5) is 15.5. The second-order valence-electron chi connectivity index (χ2n) is 3.60. The zero-order valence-corrected chi connectivity index (χ0v) is 9.33. The molecule has 7 heteroatoms. The Labute approximate surface area is 101 Å². The monoisotopic (exact) mass is 253 g/mol. The number of halogens is 2. The van der Waals surface area contributed by atoms with Gasteiger partial charge in [-0.2, -0.15) is 4.98 Å². The third-order valence-corrected chi connectivity index (χ3v) is 2.17. The minimum atomic E-state index is -1.01. The van der Waals surface area contributed by atoms with E-state index in [9.17, 15) is 13.6 Å². The van der Waals surface area contributed by atoms with E-state index in [4.69, 9.17) is 10.2 Å². The van der Waals surface area contributed by atoms with Gasteiger partial charge in [-0.1, -0.05) is 0 Å². The Hall–Kier alpha value is -2.44. The first-order valence-electron chi connectivity index (χ1n) is 4.95. The fraction of sp³-hybridized carbons (Fsp3) is 0.0909. The number of carbonyl (C=O) groups is 1. The van der Waals surface area contributed by atoms with Crippen LogP contribution in [0.2, 0.25) is 0 Å². The van der Waals surface area contributed by atoms with E-state index in [0.717, 1.165) is 6.07 Å². The normalized spacial score (nSPS) is 10.4. The summed E-state index contributed by atoms with van der Waals surface area (Å²) in [5.74, 6) is -2.75. The Morgan fingerprint density at radius 3 is 2.72 bits per heavy atom. The van der Waals surface area contributed by atoms with Crippen molar-refractivity contribution in [3.8, 4) is 0 Å². The first kappa shape index (κ1) is 12.0. The van der Waals surface area contributed by atoms with Gasteiger partial charge in [0, 0.05) is 6.07 Å². The molecule has 94 valence electrons. The lowest BCUT2D eigenvalue weighted by Crippen LogP contribution is -2.15. The molecule has 0 saturated heterocycles. The SMILES string of the molecule is Cc1coc(NC(=O)c2cc(N)c(F)cc2F)n1. The second kappa shape index (κ2) is 4.44. The van der Waals surface area contributed by atoms with Crippen LogP contribution >= 0.6 is 0 Å². The van der Waals surface area contributed by atoms with E-state index in [1.165, 1.54) is 6.26 Å². The Morgan fingerprint density at radius 1 is 1.39 bits per heavy atom. The van der Waals surface area contributed by atoms with Crippen LogP contribution in [0.1, 0.15) is 16.1 Å². The van der Waals surface area contributed by atoms with Crippen molar-refractivity contribution in [2.75, 3.05) is 11.1 Å². The van der Waals surface area contributed by atoms with Gasteiger partial charge in [0.2, 0.25) is 0 Å². The van der Waals surface area contributed by atoms with Crippen molar-refractivity contribution < 1.29 is 18.0 Å². The molecule has 0 fully saturated rings. The van der Waals surface area contributed by atoms with Crippen molar-refractivity contribution in [2.24, 2.45) is 0 Å². The molecule has 5 nitrogen and oxygen atoms in total. The number of benzene rings is 1. The van der Waals surface area contributed by atoms with Crippen LogP contribution in [0.15, 0.2) is 22.8 Å². The molecule has 0 atom stereocenters. The van der Waals surface area contributed by atoms with Gasteiger partial charge in [0.15, 0.2) is 0 Å². The predicted molar refractivity (Wildman–Crippen MR) is 60.0 cm³/mol. The average Bonchev–Trinajstić information content (AvgIpc) is 2.69. The molecule has 1 heterocycles. The number of anilines is 2. The summed E-state index contributed by atoms with van der Waals surface area (Å²) in [6, 6.07) is 1.39. The van der Waals surface area contributed by atoms with Crippen LogP contribution < -0.4 is 11.1 Å². The van der Waals surface area contributed by atoms with Crippen LogP contribution in [0.3, 0.4) is 0 Å².